The Hall–Kier alpha value is -1.96. The fraction of sp³-hybridized carbons (Fsp3) is 0.385. The second kappa shape index (κ2) is 8.35. The number of nitro benzene ring substituents is 1. The summed E-state index contributed by atoms with van der Waals surface area (Å²) in [5.41, 5.74) is 5.69. The highest BCUT2D eigenvalue weighted by Gasteiger charge is 2.10. The zero-order valence-corrected chi connectivity index (χ0v) is 12.9. The first kappa shape index (κ1) is 17.1. The van der Waals surface area contributed by atoms with Gasteiger partial charge in [-0.25, -0.2) is 0 Å². The molecule has 1 aliphatic heterocycles. The fourth-order valence-electron chi connectivity index (χ4n) is 1.91. The van der Waals surface area contributed by atoms with Gasteiger partial charge in [-0.15, -0.1) is 0 Å². The van der Waals surface area contributed by atoms with Gasteiger partial charge in [0, 0.05) is 30.7 Å². The highest BCUT2D eigenvalue weighted by Crippen LogP contribution is 2.11. The molecule has 0 aromatic heterocycles. The summed E-state index contributed by atoms with van der Waals surface area (Å²) in [5.74, 6) is 0.435. The molecule has 0 atom stereocenters. The smallest absolute Gasteiger partial charge is 0.269 e. The SMILES string of the molecule is O=C(NNC1=NCCCCC1)c1ccc([N+](=O)[O-])cc1.[Br-]. The molecular formula is C13H16BrN4O3-. The molecule has 8 heteroatoms. The summed E-state index contributed by atoms with van der Waals surface area (Å²) in [5, 5.41) is 10.5. The van der Waals surface area contributed by atoms with E-state index in [9.17, 15) is 14.9 Å². The third-order valence-corrected chi connectivity index (χ3v) is 3.03. The first-order valence-corrected chi connectivity index (χ1v) is 6.51. The second-order valence-electron chi connectivity index (χ2n) is 4.52. The largest absolute Gasteiger partial charge is 1.00 e. The topological polar surface area (TPSA) is 96.6 Å². The van der Waals surface area contributed by atoms with Crippen molar-refractivity contribution in [3.63, 3.8) is 0 Å². The number of carbonyl (C=O) groups is 1. The molecule has 0 aliphatic carbocycles. The van der Waals surface area contributed by atoms with E-state index in [4.69, 9.17) is 0 Å². The standard InChI is InChI=1S/C13H16N4O3.BrH/c18-13(10-5-7-11(8-6-10)17(19)20)16-15-12-4-2-1-3-9-14-12;/h5-8H,1-4,9H2,(H,14,15)(H,16,18);1H/p-1. The van der Waals surface area contributed by atoms with Gasteiger partial charge in [-0.2, -0.15) is 0 Å². The number of amidine groups is 1. The van der Waals surface area contributed by atoms with Crippen LogP contribution in [0.2, 0.25) is 0 Å². The first-order valence-electron chi connectivity index (χ1n) is 6.51. The minimum Gasteiger partial charge on any atom is -1.00 e. The molecule has 2 rings (SSSR count). The Labute approximate surface area is 132 Å². The summed E-state index contributed by atoms with van der Waals surface area (Å²) in [6, 6.07) is 5.45. The first-order chi connectivity index (χ1) is 9.66. The molecule has 0 saturated heterocycles. The fourth-order valence-corrected chi connectivity index (χ4v) is 1.91. The third kappa shape index (κ3) is 5.14. The lowest BCUT2D eigenvalue weighted by Gasteiger charge is -2.09. The van der Waals surface area contributed by atoms with E-state index in [2.05, 4.69) is 15.8 Å². The van der Waals surface area contributed by atoms with Gasteiger partial charge in [-0.3, -0.25) is 30.8 Å². The number of nitrogens with zero attached hydrogens (tertiary/aromatic N) is 2. The number of hydrogen-bond donors (Lipinski definition) is 2. The zero-order chi connectivity index (χ0) is 14.4. The number of nitrogens with one attached hydrogen (secondary N) is 2. The van der Waals surface area contributed by atoms with E-state index in [1.54, 1.807) is 0 Å². The molecule has 7 nitrogen and oxygen atoms in total. The minimum atomic E-state index is -0.500. The number of nitro groups is 1. The maximum atomic E-state index is 11.9. The van der Waals surface area contributed by atoms with Gasteiger partial charge in [0.25, 0.3) is 11.6 Å². The van der Waals surface area contributed by atoms with Crippen molar-refractivity contribution in [2.75, 3.05) is 6.54 Å². The van der Waals surface area contributed by atoms with Crippen molar-refractivity contribution < 1.29 is 26.7 Å². The Morgan fingerprint density at radius 3 is 2.57 bits per heavy atom. The molecule has 0 radical (unpaired) electrons. The van der Waals surface area contributed by atoms with Gasteiger partial charge in [0.05, 0.1) is 4.92 Å². The molecule has 2 N–H and O–H groups in total. The van der Waals surface area contributed by atoms with E-state index < -0.39 is 4.92 Å². The Morgan fingerprint density at radius 2 is 1.90 bits per heavy atom. The van der Waals surface area contributed by atoms with Gasteiger partial charge in [0.1, 0.15) is 5.84 Å². The lowest BCUT2D eigenvalue weighted by molar-refractivity contribution is -0.384. The molecule has 1 aliphatic rings. The van der Waals surface area contributed by atoms with E-state index in [1.807, 2.05) is 0 Å². The average molecular weight is 356 g/mol. The van der Waals surface area contributed by atoms with Crippen LogP contribution < -0.4 is 27.8 Å². The predicted molar refractivity (Wildman–Crippen MR) is 74.5 cm³/mol. The number of rotatable bonds is 2. The summed E-state index contributed by atoms with van der Waals surface area (Å²) >= 11 is 0. The molecule has 1 heterocycles. The van der Waals surface area contributed by atoms with Crippen molar-refractivity contribution in [3.05, 3.63) is 39.9 Å². The number of non-ortho nitro benzene ring substituents is 1. The monoisotopic (exact) mass is 355 g/mol. The molecule has 1 amide bonds. The maximum absolute atomic E-state index is 11.9. The van der Waals surface area contributed by atoms with Gasteiger partial charge < -0.3 is 17.0 Å². The Bertz CT molecular complexity index is 531. The van der Waals surface area contributed by atoms with E-state index in [0.29, 0.717) is 5.56 Å². The average Bonchev–Trinajstić information content (AvgIpc) is 2.73. The summed E-state index contributed by atoms with van der Waals surface area (Å²) in [6.45, 7) is 0.774. The highest BCUT2D eigenvalue weighted by atomic mass is 79.9. The number of aliphatic imine (C=N–C) groups is 1. The normalized spacial score (nSPS) is 14.2. The molecule has 21 heavy (non-hydrogen) atoms. The van der Waals surface area contributed by atoms with Gasteiger partial charge in [0.2, 0.25) is 0 Å². The maximum Gasteiger partial charge on any atom is 0.269 e. The summed E-state index contributed by atoms with van der Waals surface area (Å²) in [7, 11) is 0. The number of amides is 1. The molecule has 0 saturated carbocycles. The number of carbonyl (C=O) groups excluding carboxylic acids is 1. The van der Waals surface area contributed by atoms with E-state index >= 15 is 0 Å². The van der Waals surface area contributed by atoms with Crippen LogP contribution in [0.15, 0.2) is 29.3 Å². The molecule has 0 fully saturated rings. The molecule has 1 aromatic rings. The molecule has 1 aromatic carbocycles. The van der Waals surface area contributed by atoms with Gasteiger partial charge in [-0.1, -0.05) is 6.42 Å². The quantitative estimate of drug-likeness (QED) is 0.514. The van der Waals surface area contributed by atoms with E-state index in [0.717, 1.165) is 38.1 Å². The number of hydrazine groups is 1. The van der Waals surface area contributed by atoms with Crippen LogP contribution in [0.5, 0.6) is 0 Å². The van der Waals surface area contributed by atoms with Crippen molar-refractivity contribution >= 4 is 17.4 Å². The summed E-state index contributed by atoms with van der Waals surface area (Å²) in [6.07, 6.45) is 4.09. The number of benzene rings is 1. The van der Waals surface area contributed by atoms with Crippen LogP contribution in [0, 0.1) is 10.1 Å². The third-order valence-electron chi connectivity index (χ3n) is 3.03. The Morgan fingerprint density at radius 1 is 1.19 bits per heavy atom. The van der Waals surface area contributed by atoms with Crippen LogP contribution in [0.1, 0.15) is 36.0 Å². The van der Waals surface area contributed by atoms with Crippen LogP contribution >= 0.6 is 0 Å². The lowest BCUT2D eigenvalue weighted by atomic mass is 10.2. The van der Waals surface area contributed by atoms with E-state index in [1.165, 1.54) is 24.3 Å². The van der Waals surface area contributed by atoms with Gasteiger partial charge in [0.15, 0.2) is 0 Å². The van der Waals surface area contributed by atoms with Gasteiger partial charge >= 0.3 is 0 Å². The van der Waals surface area contributed by atoms with Crippen molar-refractivity contribution in [2.24, 2.45) is 4.99 Å². The van der Waals surface area contributed by atoms with Crippen LogP contribution in [0.3, 0.4) is 0 Å². The zero-order valence-electron chi connectivity index (χ0n) is 11.3. The lowest BCUT2D eigenvalue weighted by Crippen LogP contribution is -3.00. The van der Waals surface area contributed by atoms with Crippen LogP contribution in [0.25, 0.3) is 0 Å². The van der Waals surface area contributed by atoms with Crippen LogP contribution in [-0.4, -0.2) is 23.2 Å². The van der Waals surface area contributed by atoms with Gasteiger partial charge in [-0.05, 0) is 25.0 Å². The Kier molecular flexibility index (Phi) is 6.80. The number of hydrogen-bond acceptors (Lipinski definition) is 5. The van der Waals surface area contributed by atoms with Crippen molar-refractivity contribution in [1.29, 1.82) is 0 Å². The van der Waals surface area contributed by atoms with Crippen LogP contribution in [0.4, 0.5) is 5.69 Å². The number of halogens is 1. The van der Waals surface area contributed by atoms with Crippen LogP contribution in [-0.2, 0) is 0 Å². The molecule has 0 spiro atoms. The highest BCUT2D eigenvalue weighted by molar-refractivity contribution is 5.96. The van der Waals surface area contributed by atoms with Crippen molar-refractivity contribution in [3.8, 4) is 0 Å². The molecule has 0 bridgehead atoms. The van der Waals surface area contributed by atoms with E-state index in [-0.39, 0.29) is 28.6 Å². The predicted octanol–water partition coefficient (Wildman–Crippen LogP) is -1.19. The van der Waals surface area contributed by atoms with Crippen molar-refractivity contribution in [1.82, 2.24) is 10.9 Å². The second-order valence-corrected chi connectivity index (χ2v) is 4.52. The summed E-state index contributed by atoms with van der Waals surface area (Å²) < 4.78 is 0. The molecular weight excluding hydrogens is 340 g/mol. The summed E-state index contributed by atoms with van der Waals surface area (Å²) in [4.78, 5) is 26.2. The molecule has 0 unspecified atom stereocenters. The minimum absolute atomic E-state index is 0. The molecule has 114 valence electrons. The van der Waals surface area contributed by atoms with Crippen molar-refractivity contribution in [2.45, 2.75) is 25.7 Å². The Balaban J connectivity index is 0.00000220.